The fourth-order valence-corrected chi connectivity index (χ4v) is 3.80. The van der Waals surface area contributed by atoms with Crippen LogP contribution in [0.5, 0.6) is 0 Å². The zero-order valence-electron chi connectivity index (χ0n) is 16.7. The Labute approximate surface area is 171 Å². The van der Waals surface area contributed by atoms with Crippen LogP contribution >= 0.6 is 0 Å². The van der Waals surface area contributed by atoms with Gasteiger partial charge in [-0.25, -0.2) is 4.68 Å². The number of aromatic nitrogens is 2. The van der Waals surface area contributed by atoms with E-state index in [-0.39, 0.29) is 24.5 Å². The number of carbonyl (C=O) groups excluding carboxylic acids is 2. The Kier molecular flexibility index (Phi) is 5.56. The van der Waals surface area contributed by atoms with Crippen LogP contribution in [0.3, 0.4) is 0 Å². The largest absolute Gasteiger partial charge is 0.299 e. The topological polar surface area (TPSA) is 55.2 Å². The molecule has 1 aliphatic rings. The van der Waals surface area contributed by atoms with Crippen molar-refractivity contribution in [2.75, 3.05) is 11.4 Å². The standard InChI is InChI=1S/C24H25N3O2/c1-18-16-23-26(14-5-15-27(23)25-18)24(29)13-12-22(28)17-19-8-10-21(11-9-19)20-6-3-2-4-7-20/h2-4,6-11,16H,5,12-15,17H2,1H3. The van der Waals surface area contributed by atoms with E-state index in [1.165, 1.54) is 0 Å². The molecule has 0 fully saturated rings. The fourth-order valence-electron chi connectivity index (χ4n) is 3.80. The van der Waals surface area contributed by atoms with Gasteiger partial charge in [-0.05, 0) is 30.0 Å². The van der Waals surface area contributed by atoms with E-state index in [1.54, 1.807) is 4.90 Å². The van der Waals surface area contributed by atoms with Crippen molar-refractivity contribution in [3.63, 3.8) is 0 Å². The second kappa shape index (κ2) is 8.43. The zero-order valence-corrected chi connectivity index (χ0v) is 16.7. The van der Waals surface area contributed by atoms with E-state index >= 15 is 0 Å². The summed E-state index contributed by atoms with van der Waals surface area (Å²) in [6, 6.07) is 20.2. The van der Waals surface area contributed by atoms with Gasteiger partial charge in [0.25, 0.3) is 0 Å². The van der Waals surface area contributed by atoms with Crippen molar-refractivity contribution in [1.29, 1.82) is 0 Å². The van der Waals surface area contributed by atoms with Crippen molar-refractivity contribution in [1.82, 2.24) is 9.78 Å². The number of hydrogen-bond acceptors (Lipinski definition) is 3. The van der Waals surface area contributed by atoms with Gasteiger partial charge in [0.2, 0.25) is 5.91 Å². The van der Waals surface area contributed by atoms with Gasteiger partial charge in [-0.3, -0.25) is 14.5 Å². The van der Waals surface area contributed by atoms with Gasteiger partial charge in [-0.15, -0.1) is 0 Å². The molecule has 2 aromatic carbocycles. The van der Waals surface area contributed by atoms with Gasteiger partial charge < -0.3 is 0 Å². The van der Waals surface area contributed by atoms with Gasteiger partial charge in [0.15, 0.2) is 0 Å². The van der Waals surface area contributed by atoms with E-state index in [0.717, 1.165) is 41.2 Å². The molecule has 5 heteroatoms. The van der Waals surface area contributed by atoms with E-state index in [0.29, 0.717) is 13.0 Å². The van der Waals surface area contributed by atoms with Crippen LogP contribution in [-0.4, -0.2) is 28.0 Å². The van der Waals surface area contributed by atoms with Crippen LogP contribution in [0.1, 0.15) is 30.5 Å². The Bertz CT molecular complexity index is 1010. The van der Waals surface area contributed by atoms with E-state index in [9.17, 15) is 9.59 Å². The van der Waals surface area contributed by atoms with E-state index in [2.05, 4.69) is 17.2 Å². The molecule has 29 heavy (non-hydrogen) atoms. The third-order valence-electron chi connectivity index (χ3n) is 5.29. The monoisotopic (exact) mass is 387 g/mol. The van der Waals surface area contributed by atoms with E-state index < -0.39 is 0 Å². The Balaban J connectivity index is 1.32. The number of fused-ring (bicyclic) bond motifs is 1. The van der Waals surface area contributed by atoms with Crippen LogP contribution in [0, 0.1) is 6.92 Å². The summed E-state index contributed by atoms with van der Waals surface area (Å²) in [4.78, 5) is 26.8. The number of nitrogens with zero attached hydrogens (tertiary/aromatic N) is 3. The van der Waals surface area contributed by atoms with Crippen LogP contribution in [0.25, 0.3) is 11.1 Å². The molecule has 3 aromatic rings. The highest BCUT2D eigenvalue weighted by Gasteiger charge is 2.24. The van der Waals surface area contributed by atoms with Gasteiger partial charge in [0, 0.05) is 38.4 Å². The number of carbonyl (C=O) groups is 2. The first-order chi connectivity index (χ1) is 14.1. The highest BCUT2D eigenvalue weighted by molar-refractivity contribution is 5.95. The minimum atomic E-state index is -0.00127. The number of benzene rings is 2. The lowest BCUT2D eigenvalue weighted by molar-refractivity contribution is -0.123. The predicted octanol–water partition coefficient (Wildman–Crippen LogP) is 4.19. The lowest BCUT2D eigenvalue weighted by Crippen LogP contribution is -2.37. The minimum Gasteiger partial charge on any atom is -0.299 e. The summed E-state index contributed by atoms with van der Waals surface area (Å²) in [5, 5.41) is 4.42. The van der Waals surface area contributed by atoms with Gasteiger partial charge >= 0.3 is 0 Å². The molecular formula is C24H25N3O2. The molecule has 0 radical (unpaired) electrons. The van der Waals surface area contributed by atoms with Crippen LogP contribution in [0.2, 0.25) is 0 Å². The van der Waals surface area contributed by atoms with Gasteiger partial charge in [0.05, 0.1) is 5.69 Å². The molecule has 0 saturated heterocycles. The number of ketones is 1. The summed E-state index contributed by atoms with van der Waals surface area (Å²) < 4.78 is 1.88. The summed E-state index contributed by atoms with van der Waals surface area (Å²) in [6.07, 6.45) is 1.76. The SMILES string of the molecule is Cc1cc2n(n1)CCCN2C(=O)CCC(=O)Cc1ccc(-c2ccccc2)cc1. The van der Waals surface area contributed by atoms with Crippen LogP contribution in [0.15, 0.2) is 60.7 Å². The van der Waals surface area contributed by atoms with Crippen molar-refractivity contribution >= 4 is 17.5 Å². The molecule has 1 aliphatic heterocycles. The summed E-state index contributed by atoms with van der Waals surface area (Å²) in [5.41, 5.74) is 4.18. The highest BCUT2D eigenvalue weighted by Crippen LogP contribution is 2.23. The predicted molar refractivity (Wildman–Crippen MR) is 114 cm³/mol. The Morgan fingerprint density at radius 1 is 0.931 bits per heavy atom. The molecule has 5 nitrogen and oxygen atoms in total. The van der Waals surface area contributed by atoms with Crippen molar-refractivity contribution in [2.45, 2.75) is 39.2 Å². The summed E-state index contributed by atoms with van der Waals surface area (Å²) in [6.45, 7) is 3.46. The third-order valence-corrected chi connectivity index (χ3v) is 5.29. The third kappa shape index (κ3) is 4.45. The van der Waals surface area contributed by atoms with Crippen molar-refractivity contribution in [2.24, 2.45) is 0 Å². The smallest absolute Gasteiger partial charge is 0.228 e. The first-order valence-corrected chi connectivity index (χ1v) is 10.1. The maximum absolute atomic E-state index is 12.7. The number of aryl methyl sites for hydroxylation is 2. The number of anilines is 1. The zero-order chi connectivity index (χ0) is 20.2. The molecule has 0 spiro atoms. The molecule has 148 valence electrons. The first kappa shape index (κ1) is 19.1. The average Bonchev–Trinajstić information content (AvgIpc) is 3.13. The molecule has 0 bridgehead atoms. The normalized spacial score (nSPS) is 13.2. The quantitative estimate of drug-likeness (QED) is 0.637. The lowest BCUT2D eigenvalue weighted by Gasteiger charge is -2.27. The molecule has 0 saturated carbocycles. The first-order valence-electron chi connectivity index (χ1n) is 10.1. The maximum atomic E-state index is 12.7. The molecule has 0 atom stereocenters. The molecular weight excluding hydrogens is 362 g/mol. The number of hydrogen-bond donors (Lipinski definition) is 0. The maximum Gasteiger partial charge on any atom is 0.228 e. The average molecular weight is 387 g/mol. The van der Waals surface area contributed by atoms with Gasteiger partial charge in [0.1, 0.15) is 11.6 Å². The Hall–Kier alpha value is -3.21. The summed E-state index contributed by atoms with van der Waals surface area (Å²) in [5.74, 6) is 0.939. The molecule has 0 N–H and O–H groups in total. The lowest BCUT2D eigenvalue weighted by atomic mass is 10.0. The summed E-state index contributed by atoms with van der Waals surface area (Å²) in [7, 11) is 0. The van der Waals surface area contributed by atoms with Crippen molar-refractivity contribution in [3.05, 3.63) is 71.9 Å². The van der Waals surface area contributed by atoms with Crippen LogP contribution in [0.4, 0.5) is 5.82 Å². The number of amides is 1. The van der Waals surface area contributed by atoms with E-state index in [4.69, 9.17) is 0 Å². The number of rotatable bonds is 6. The molecule has 1 amide bonds. The molecule has 0 aliphatic carbocycles. The molecule has 0 unspecified atom stereocenters. The van der Waals surface area contributed by atoms with E-state index in [1.807, 2.05) is 60.1 Å². The second-order valence-corrected chi connectivity index (χ2v) is 7.54. The minimum absolute atomic E-state index is 0.00127. The molecule has 4 rings (SSSR count). The number of Topliss-reactive ketones (excluding diaryl/α,β-unsaturated/α-hetero) is 1. The summed E-state index contributed by atoms with van der Waals surface area (Å²) >= 11 is 0. The van der Waals surface area contributed by atoms with Crippen molar-refractivity contribution < 1.29 is 9.59 Å². The van der Waals surface area contributed by atoms with Gasteiger partial charge in [-0.2, -0.15) is 5.10 Å². The Morgan fingerprint density at radius 3 is 2.41 bits per heavy atom. The molecule has 2 heterocycles. The van der Waals surface area contributed by atoms with Crippen LogP contribution < -0.4 is 4.90 Å². The molecule has 1 aromatic heterocycles. The van der Waals surface area contributed by atoms with Gasteiger partial charge in [-0.1, -0.05) is 54.6 Å². The fraction of sp³-hybridized carbons (Fsp3) is 0.292. The second-order valence-electron chi connectivity index (χ2n) is 7.54. The van der Waals surface area contributed by atoms with Crippen LogP contribution in [-0.2, 0) is 22.6 Å². The van der Waals surface area contributed by atoms with Crippen molar-refractivity contribution in [3.8, 4) is 11.1 Å². The highest BCUT2D eigenvalue weighted by atomic mass is 16.2. The Morgan fingerprint density at radius 2 is 1.66 bits per heavy atom.